The molecule has 1 unspecified atom stereocenters. The topological polar surface area (TPSA) is 52.6 Å². The monoisotopic (exact) mass is 513 g/mol. The van der Waals surface area contributed by atoms with Crippen molar-refractivity contribution >= 4 is 47.2 Å². The maximum atomic E-state index is 5.83. The van der Waals surface area contributed by atoms with Gasteiger partial charge in [0.1, 0.15) is 5.15 Å². The molecule has 0 spiro atoms. The Kier molecular flexibility index (Phi) is 9.84. The zero-order valence-electron chi connectivity index (χ0n) is 16.3. The fraction of sp³-hybridized carbons (Fsp3) is 0.429. The molecule has 2 heterocycles. The molecule has 1 aliphatic heterocycles. The van der Waals surface area contributed by atoms with Crippen molar-refractivity contribution in [1.29, 1.82) is 0 Å². The van der Waals surface area contributed by atoms with E-state index >= 15 is 0 Å². The number of anilines is 1. The third-order valence-corrected chi connectivity index (χ3v) is 4.98. The number of aliphatic imine (C=N–C) groups is 1. The molecule has 1 saturated heterocycles. The number of benzene rings is 1. The Morgan fingerprint density at radius 1 is 1.21 bits per heavy atom. The van der Waals surface area contributed by atoms with Gasteiger partial charge in [-0.25, -0.2) is 4.98 Å². The SMILES string of the molecule is CCNC(=NCC1CCN(c2ccccc2)C1)NCCc1ccc(Cl)nc1.I. The Morgan fingerprint density at radius 2 is 2.04 bits per heavy atom. The van der Waals surface area contributed by atoms with E-state index in [1.165, 1.54) is 12.1 Å². The van der Waals surface area contributed by atoms with Crippen molar-refractivity contribution in [1.82, 2.24) is 15.6 Å². The van der Waals surface area contributed by atoms with Crippen molar-refractivity contribution in [2.45, 2.75) is 19.8 Å². The molecule has 152 valence electrons. The molecular formula is C21H29ClIN5. The normalized spacial score (nSPS) is 16.6. The van der Waals surface area contributed by atoms with Gasteiger partial charge in [0.05, 0.1) is 0 Å². The largest absolute Gasteiger partial charge is 0.371 e. The van der Waals surface area contributed by atoms with Crippen LogP contribution in [0.15, 0.2) is 53.7 Å². The third-order valence-electron chi connectivity index (χ3n) is 4.75. The summed E-state index contributed by atoms with van der Waals surface area (Å²) in [7, 11) is 0. The number of halogens is 2. The van der Waals surface area contributed by atoms with E-state index in [1.54, 1.807) is 0 Å². The van der Waals surface area contributed by atoms with Gasteiger partial charge in [-0.15, -0.1) is 24.0 Å². The zero-order valence-corrected chi connectivity index (χ0v) is 19.4. The van der Waals surface area contributed by atoms with Crippen molar-refractivity contribution in [3.63, 3.8) is 0 Å². The summed E-state index contributed by atoms with van der Waals surface area (Å²) in [6, 6.07) is 14.5. The average molecular weight is 514 g/mol. The predicted octanol–water partition coefficient (Wildman–Crippen LogP) is 3.98. The Morgan fingerprint density at radius 3 is 2.75 bits per heavy atom. The highest BCUT2D eigenvalue weighted by Crippen LogP contribution is 2.23. The first-order valence-electron chi connectivity index (χ1n) is 9.67. The van der Waals surface area contributed by atoms with Crippen LogP contribution in [0.25, 0.3) is 0 Å². The Bertz CT molecular complexity index is 723. The molecule has 0 amide bonds. The van der Waals surface area contributed by atoms with Crippen LogP contribution in [0.4, 0.5) is 5.69 Å². The minimum atomic E-state index is 0. The van der Waals surface area contributed by atoms with E-state index in [4.69, 9.17) is 16.6 Å². The molecule has 28 heavy (non-hydrogen) atoms. The first-order valence-corrected chi connectivity index (χ1v) is 10.0. The van der Waals surface area contributed by atoms with E-state index < -0.39 is 0 Å². The van der Waals surface area contributed by atoms with Gasteiger partial charge in [-0.3, -0.25) is 4.99 Å². The van der Waals surface area contributed by atoms with Crippen molar-refractivity contribution in [2.24, 2.45) is 10.9 Å². The van der Waals surface area contributed by atoms with Gasteiger partial charge in [0.15, 0.2) is 5.96 Å². The number of nitrogens with one attached hydrogen (secondary N) is 2. The van der Waals surface area contributed by atoms with Crippen LogP contribution < -0.4 is 15.5 Å². The van der Waals surface area contributed by atoms with Gasteiger partial charge in [-0.05, 0) is 49.4 Å². The molecule has 1 fully saturated rings. The van der Waals surface area contributed by atoms with E-state index in [-0.39, 0.29) is 24.0 Å². The van der Waals surface area contributed by atoms with Gasteiger partial charge in [0, 0.05) is 44.6 Å². The Hall–Kier alpha value is -1.54. The second-order valence-electron chi connectivity index (χ2n) is 6.82. The number of guanidine groups is 1. The fourth-order valence-electron chi connectivity index (χ4n) is 3.30. The Labute approximate surface area is 190 Å². The van der Waals surface area contributed by atoms with Gasteiger partial charge < -0.3 is 15.5 Å². The highest BCUT2D eigenvalue weighted by atomic mass is 127. The van der Waals surface area contributed by atoms with Crippen LogP contribution in [0.3, 0.4) is 0 Å². The number of aromatic nitrogens is 1. The van der Waals surface area contributed by atoms with Crippen molar-refractivity contribution in [3.05, 3.63) is 59.4 Å². The predicted molar refractivity (Wildman–Crippen MR) is 129 cm³/mol. The average Bonchev–Trinajstić information content (AvgIpc) is 3.17. The maximum Gasteiger partial charge on any atom is 0.191 e. The summed E-state index contributed by atoms with van der Waals surface area (Å²) in [5, 5.41) is 7.28. The van der Waals surface area contributed by atoms with Gasteiger partial charge >= 0.3 is 0 Å². The third kappa shape index (κ3) is 7.13. The Balaban J connectivity index is 0.00000280. The lowest BCUT2D eigenvalue weighted by Gasteiger charge is -2.18. The molecule has 3 rings (SSSR count). The minimum Gasteiger partial charge on any atom is -0.371 e. The van der Waals surface area contributed by atoms with E-state index in [9.17, 15) is 0 Å². The van der Waals surface area contributed by atoms with Crippen molar-refractivity contribution < 1.29 is 0 Å². The standard InChI is InChI=1S/C21H28ClN5.HI/c1-2-23-21(24-12-10-17-8-9-20(22)25-14-17)26-15-18-11-13-27(16-18)19-6-4-3-5-7-19;/h3-9,14,18H,2,10-13,15-16H2,1H3,(H2,23,24,26);1H. The van der Waals surface area contributed by atoms with Crippen LogP contribution in [0.5, 0.6) is 0 Å². The second-order valence-corrected chi connectivity index (χ2v) is 7.21. The molecule has 1 aromatic heterocycles. The summed E-state index contributed by atoms with van der Waals surface area (Å²) in [6.45, 7) is 6.79. The zero-order chi connectivity index (χ0) is 18.9. The molecule has 5 nitrogen and oxygen atoms in total. The number of para-hydroxylation sites is 1. The van der Waals surface area contributed by atoms with E-state index in [0.29, 0.717) is 11.1 Å². The number of hydrogen-bond donors (Lipinski definition) is 2. The number of nitrogens with zero attached hydrogens (tertiary/aromatic N) is 3. The lowest BCUT2D eigenvalue weighted by molar-refractivity contribution is 0.599. The van der Waals surface area contributed by atoms with Crippen LogP contribution in [-0.2, 0) is 6.42 Å². The van der Waals surface area contributed by atoms with Gasteiger partial charge in [-0.1, -0.05) is 35.9 Å². The summed E-state index contributed by atoms with van der Waals surface area (Å²) in [5.74, 6) is 1.48. The molecule has 1 atom stereocenters. The molecule has 0 radical (unpaired) electrons. The smallest absolute Gasteiger partial charge is 0.191 e. The first kappa shape index (κ1) is 22.7. The molecule has 7 heteroatoms. The fourth-order valence-corrected chi connectivity index (χ4v) is 3.41. The van der Waals surface area contributed by atoms with Crippen LogP contribution in [-0.4, -0.2) is 43.7 Å². The van der Waals surface area contributed by atoms with Crippen LogP contribution in [0.1, 0.15) is 18.9 Å². The molecule has 0 saturated carbocycles. The quantitative estimate of drug-likeness (QED) is 0.255. The summed E-state index contributed by atoms with van der Waals surface area (Å²) < 4.78 is 0. The highest BCUT2D eigenvalue weighted by Gasteiger charge is 2.22. The summed E-state index contributed by atoms with van der Waals surface area (Å²) >= 11 is 5.83. The first-order chi connectivity index (χ1) is 13.2. The van der Waals surface area contributed by atoms with Crippen molar-refractivity contribution in [2.75, 3.05) is 37.6 Å². The molecular weight excluding hydrogens is 485 g/mol. The highest BCUT2D eigenvalue weighted by molar-refractivity contribution is 14.0. The minimum absolute atomic E-state index is 0. The molecule has 1 aromatic carbocycles. The molecule has 2 N–H and O–H groups in total. The van der Waals surface area contributed by atoms with Gasteiger partial charge in [0.2, 0.25) is 0 Å². The molecule has 0 aliphatic carbocycles. The number of hydrogen-bond acceptors (Lipinski definition) is 3. The molecule has 2 aromatic rings. The number of pyridine rings is 1. The van der Waals surface area contributed by atoms with Crippen molar-refractivity contribution in [3.8, 4) is 0 Å². The van der Waals surface area contributed by atoms with E-state index in [0.717, 1.165) is 50.7 Å². The number of rotatable bonds is 7. The molecule has 1 aliphatic rings. The lowest BCUT2D eigenvalue weighted by Crippen LogP contribution is -2.38. The van der Waals surface area contributed by atoms with Gasteiger partial charge in [-0.2, -0.15) is 0 Å². The van der Waals surface area contributed by atoms with E-state index in [1.807, 2.05) is 18.3 Å². The maximum absolute atomic E-state index is 5.83. The van der Waals surface area contributed by atoms with Crippen LogP contribution in [0, 0.1) is 5.92 Å². The van der Waals surface area contributed by atoms with Gasteiger partial charge in [0.25, 0.3) is 0 Å². The summed E-state index contributed by atoms with van der Waals surface area (Å²) in [5.41, 5.74) is 2.47. The second kappa shape index (κ2) is 12.1. The van der Waals surface area contributed by atoms with Crippen LogP contribution in [0.2, 0.25) is 5.15 Å². The summed E-state index contributed by atoms with van der Waals surface area (Å²) in [6.07, 6.45) is 3.90. The van der Waals surface area contributed by atoms with E-state index in [2.05, 4.69) is 57.8 Å². The summed E-state index contributed by atoms with van der Waals surface area (Å²) in [4.78, 5) is 11.4. The lowest BCUT2D eigenvalue weighted by atomic mass is 10.1. The molecule has 0 bridgehead atoms. The van der Waals surface area contributed by atoms with Crippen LogP contribution >= 0.6 is 35.6 Å².